The van der Waals surface area contributed by atoms with E-state index in [-0.39, 0.29) is 19.6 Å². The fourth-order valence-corrected chi connectivity index (χ4v) is 7.61. The first kappa shape index (κ1) is 59.6. The molecule has 0 radical (unpaired) electrons. The van der Waals surface area contributed by atoms with Crippen LogP contribution in [0, 0.1) is 0 Å². The van der Waals surface area contributed by atoms with Gasteiger partial charge in [-0.05, 0) is 83.5 Å². The number of ether oxygens (including phenoxy) is 4. The maximum Gasteiger partial charge on any atom is 0.397 e. The molecule has 64 heavy (non-hydrogen) atoms. The van der Waals surface area contributed by atoms with Crippen LogP contribution in [-0.4, -0.2) is 97.5 Å². The Kier molecular flexibility index (Phi) is 39.0. The van der Waals surface area contributed by atoms with Crippen LogP contribution in [0.4, 0.5) is 0 Å². The molecule has 6 unspecified atom stereocenters. The summed E-state index contributed by atoms with van der Waals surface area (Å²) in [5.41, 5.74) is 0. The molecule has 0 aromatic rings. The van der Waals surface area contributed by atoms with Gasteiger partial charge >= 0.3 is 16.4 Å². The van der Waals surface area contributed by atoms with Gasteiger partial charge in [-0.2, -0.15) is 8.42 Å². The normalized spacial score (nSPS) is 20.4. The molecule has 1 heterocycles. The van der Waals surface area contributed by atoms with Gasteiger partial charge in [-0.25, -0.2) is 4.18 Å². The van der Waals surface area contributed by atoms with Gasteiger partial charge < -0.3 is 34.3 Å². The van der Waals surface area contributed by atoms with Crippen molar-refractivity contribution in [2.45, 2.75) is 218 Å². The summed E-state index contributed by atoms with van der Waals surface area (Å²) in [4.78, 5) is 12.9. The average Bonchev–Trinajstić information content (AvgIpc) is 3.27. The maximum absolute atomic E-state index is 12.9. The Morgan fingerprint density at radius 2 is 1.08 bits per heavy atom. The van der Waals surface area contributed by atoms with Crippen molar-refractivity contribution in [3.8, 4) is 0 Å². The Hall–Kier alpha value is -2.46. The van der Waals surface area contributed by atoms with Gasteiger partial charge in [-0.15, -0.1) is 0 Å². The summed E-state index contributed by atoms with van der Waals surface area (Å²) in [7, 11) is -5.07. The van der Waals surface area contributed by atoms with Crippen LogP contribution >= 0.6 is 0 Å². The number of carbonyl (C=O) groups excluding carboxylic acids is 1. The molecule has 1 fully saturated rings. The van der Waals surface area contributed by atoms with E-state index in [1.54, 1.807) is 0 Å². The van der Waals surface area contributed by atoms with Gasteiger partial charge in [0.15, 0.2) is 6.29 Å². The average molecular weight is 925 g/mol. The SMILES string of the molecule is CC/C=C\C/C=C\C/C=C\CCCCCCCCCCOCC(COC1OC(CO)C(O)C(OS(=O)(=O)O)C1O)OC(=O)CCCCCCCC/C=C\C/C=C\C/C=C\CCCCC. The van der Waals surface area contributed by atoms with Crippen LogP contribution in [-0.2, 0) is 38.3 Å². The van der Waals surface area contributed by atoms with Gasteiger partial charge in [0, 0.05) is 13.0 Å². The lowest BCUT2D eigenvalue weighted by Crippen LogP contribution is -2.60. The fourth-order valence-electron chi connectivity index (χ4n) is 7.10. The molecule has 6 atom stereocenters. The molecular weight excluding hydrogens is 837 g/mol. The molecule has 1 saturated heterocycles. The molecule has 13 heteroatoms. The Bertz CT molecular complexity index is 1390. The lowest BCUT2D eigenvalue weighted by Gasteiger charge is -2.41. The van der Waals surface area contributed by atoms with Gasteiger partial charge in [0.1, 0.15) is 30.5 Å². The van der Waals surface area contributed by atoms with Crippen molar-refractivity contribution < 1.29 is 56.2 Å². The van der Waals surface area contributed by atoms with Crippen molar-refractivity contribution in [2.75, 3.05) is 26.4 Å². The fraction of sp³-hybridized carbons (Fsp3) is 0.745. The van der Waals surface area contributed by atoms with Crippen molar-refractivity contribution >= 4 is 16.4 Å². The van der Waals surface area contributed by atoms with Crippen LogP contribution in [0.2, 0.25) is 0 Å². The number of aliphatic hydroxyl groups excluding tert-OH is 3. The van der Waals surface area contributed by atoms with Crippen LogP contribution in [0.1, 0.15) is 181 Å². The molecule has 12 nitrogen and oxygen atoms in total. The zero-order valence-electron chi connectivity index (χ0n) is 39.6. The lowest BCUT2D eigenvalue weighted by atomic mass is 9.99. The van der Waals surface area contributed by atoms with Gasteiger partial charge in [0.05, 0.1) is 19.8 Å². The standard InChI is InChI=1S/C51H88O12S/c1-3-5-7-9-11-13-15-17-19-21-23-24-26-28-30-32-34-36-38-40-47(53)61-45(44-60-51-49(55)50(63-64(56,57)58)48(54)46(42-52)62-51)43-59-41-39-37-35-33-31-29-27-25-22-20-18-16-14-12-10-8-6-4-2/h6,8,11-14,17-20,23-24,45-46,48-52,54-55H,3-5,7,9-10,15-16,21-22,25-44H2,1-2H3,(H,56,57,58)/b8-6-,13-11-,14-12-,19-17-,20-18-,24-23-. The highest BCUT2D eigenvalue weighted by molar-refractivity contribution is 7.80. The molecule has 370 valence electrons. The molecule has 0 bridgehead atoms. The third-order valence-electron chi connectivity index (χ3n) is 10.8. The summed E-state index contributed by atoms with van der Waals surface area (Å²) in [6.07, 6.45) is 44.9. The minimum Gasteiger partial charge on any atom is -0.457 e. The number of hydrogen-bond acceptors (Lipinski definition) is 11. The summed E-state index contributed by atoms with van der Waals surface area (Å²) < 4.78 is 59.2. The van der Waals surface area contributed by atoms with Gasteiger partial charge in [-0.3, -0.25) is 9.35 Å². The highest BCUT2D eigenvalue weighted by atomic mass is 32.3. The van der Waals surface area contributed by atoms with Gasteiger partial charge in [0.2, 0.25) is 0 Å². The Labute approximate surface area is 388 Å². The molecule has 0 amide bonds. The third-order valence-corrected chi connectivity index (χ3v) is 11.3. The van der Waals surface area contributed by atoms with Crippen molar-refractivity contribution in [1.82, 2.24) is 0 Å². The molecule has 0 aromatic carbocycles. The predicted molar refractivity (Wildman–Crippen MR) is 257 cm³/mol. The van der Waals surface area contributed by atoms with E-state index in [1.165, 1.54) is 57.8 Å². The van der Waals surface area contributed by atoms with Crippen molar-refractivity contribution in [3.63, 3.8) is 0 Å². The van der Waals surface area contributed by atoms with E-state index in [9.17, 15) is 33.1 Å². The molecule has 1 aliphatic heterocycles. The van der Waals surface area contributed by atoms with Gasteiger partial charge in [-0.1, -0.05) is 164 Å². The summed E-state index contributed by atoms with van der Waals surface area (Å²) in [6.45, 7) is 3.82. The van der Waals surface area contributed by atoms with E-state index in [1.807, 2.05) is 0 Å². The number of carbonyl (C=O) groups is 1. The Morgan fingerprint density at radius 3 is 1.58 bits per heavy atom. The Morgan fingerprint density at radius 1 is 0.609 bits per heavy atom. The highest BCUT2D eigenvalue weighted by Gasteiger charge is 2.48. The second kappa shape index (κ2) is 41.9. The molecule has 0 saturated carbocycles. The summed E-state index contributed by atoms with van der Waals surface area (Å²) in [5, 5.41) is 30.7. The molecule has 4 N–H and O–H groups in total. The molecular formula is C51H88O12S. The number of allylic oxidation sites excluding steroid dienone is 12. The zero-order chi connectivity index (χ0) is 46.8. The second-order valence-electron chi connectivity index (χ2n) is 16.7. The van der Waals surface area contributed by atoms with E-state index in [0.29, 0.717) is 13.0 Å². The minimum absolute atomic E-state index is 0.0217. The van der Waals surface area contributed by atoms with Gasteiger partial charge in [0.25, 0.3) is 0 Å². The van der Waals surface area contributed by atoms with E-state index in [4.69, 9.17) is 18.9 Å². The first-order chi connectivity index (χ1) is 31.1. The number of unbranched alkanes of at least 4 members (excludes halogenated alkanes) is 17. The zero-order valence-corrected chi connectivity index (χ0v) is 40.4. The molecule has 0 spiro atoms. The summed E-state index contributed by atoms with van der Waals surface area (Å²) in [5.74, 6) is -0.417. The summed E-state index contributed by atoms with van der Waals surface area (Å²) >= 11 is 0. The smallest absolute Gasteiger partial charge is 0.397 e. The quantitative estimate of drug-likeness (QED) is 0.0197. The lowest BCUT2D eigenvalue weighted by molar-refractivity contribution is -0.301. The van der Waals surface area contributed by atoms with Crippen LogP contribution < -0.4 is 0 Å². The van der Waals surface area contributed by atoms with E-state index < -0.39 is 59.8 Å². The van der Waals surface area contributed by atoms with Crippen LogP contribution in [0.3, 0.4) is 0 Å². The second-order valence-corrected chi connectivity index (χ2v) is 17.7. The Balaban J connectivity index is 2.41. The predicted octanol–water partition coefficient (Wildman–Crippen LogP) is 11.1. The first-order valence-corrected chi connectivity index (χ1v) is 26.1. The number of aliphatic hydroxyl groups is 3. The minimum atomic E-state index is -5.07. The molecule has 0 aliphatic carbocycles. The largest absolute Gasteiger partial charge is 0.457 e. The summed E-state index contributed by atoms with van der Waals surface area (Å²) in [6, 6.07) is 0. The van der Waals surface area contributed by atoms with Crippen molar-refractivity contribution in [3.05, 3.63) is 72.9 Å². The van der Waals surface area contributed by atoms with Crippen molar-refractivity contribution in [2.24, 2.45) is 0 Å². The maximum atomic E-state index is 12.9. The van der Waals surface area contributed by atoms with E-state index in [2.05, 4.69) is 90.9 Å². The van der Waals surface area contributed by atoms with E-state index >= 15 is 0 Å². The third kappa shape index (κ3) is 34.8. The highest BCUT2D eigenvalue weighted by Crippen LogP contribution is 2.26. The van der Waals surface area contributed by atoms with Crippen LogP contribution in [0.5, 0.6) is 0 Å². The molecule has 1 aliphatic rings. The molecule has 0 aromatic heterocycles. The topological polar surface area (TPSA) is 178 Å². The van der Waals surface area contributed by atoms with Crippen LogP contribution in [0.15, 0.2) is 72.9 Å². The molecule has 1 rings (SSSR count). The number of rotatable bonds is 42. The van der Waals surface area contributed by atoms with E-state index in [0.717, 1.165) is 96.3 Å². The number of esters is 1. The van der Waals surface area contributed by atoms with Crippen molar-refractivity contribution in [1.29, 1.82) is 0 Å². The monoisotopic (exact) mass is 925 g/mol. The number of hydrogen-bond donors (Lipinski definition) is 4. The van der Waals surface area contributed by atoms with Crippen LogP contribution in [0.25, 0.3) is 0 Å². The first-order valence-electron chi connectivity index (χ1n) is 24.7.